The molecule has 1 rings (SSSR count). The Labute approximate surface area is 124 Å². The molecular formula is C13H21N3O4S. The van der Waals surface area contributed by atoms with Gasteiger partial charge < -0.3 is 16.6 Å². The van der Waals surface area contributed by atoms with Gasteiger partial charge in [-0.2, -0.15) is 4.31 Å². The van der Waals surface area contributed by atoms with Gasteiger partial charge in [0.2, 0.25) is 15.9 Å². The van der Waals surface area contributed by atoms with Crippen molar-refractivity contribution in [3.8, 4) is 0 Å². The number of hydrogen-bond acceptors (Lipinski definition) is 5. The highest BCUT2D eigenvalue weighted by Crippen LogP contribution is 2.23. The number of nitrogens with two attached hydrogens (primary N) is 2. The molecule has 0 saturated heterocycles. The zero-order chi connectivity index (χ0) is 16.0. The number of anilines is 1. The van der Waals surface area contributed by atoms with Crippen molar-refractivity contribution < 1.29 is 18.3 Å². The number of nitrogen functional groups attached to an aromatic ring is 1. The van der Waals surface area contributed by atoms with E-state index < -0.39 is 15.9 Å². The Morgan fingerprint density at radius 3 is 2.48 bits per heavy atom. The monoisotopic (exact) mass is 315 g/mol. The second-order valence-corrected chi connectivity index (χ2v) is 6.50. The van der Waals surface area contributed by atoms with E-state index in [4.69, 9.17) is 16.6 Å². The van der Waals surface area contributed by atoms with E-state index in [1.54, 1.807) is 0 Å². The fourth-order valence-corrected chi connectivity index (χ4v) is 3.44. The van der Waals surface area contributed by atoms with E-state index >= 15 is 0 Å². The second kappa shape index (κ2) is 7.39. The van der Waals surface area contributed by atoms with Gasteiger partial charge in [-0.25, -0.2) is 8.42 Å². The van der Waals surface area contributed by atoms with E-state index in [0.29, 0.717) is 13.0 Å². The first-order valence-corrected chi connectivity index (χ1v) is 8.09. The van der Waals surface area contributed by atoms with Gasteiger partial charge in [-0.15, -0.1) is 0 Å². The lowest BCUT2D eigenvalue weighted by Crippen LogP contribution is -2.35. The minimum atomic E-state index is -3.81. The molecule has 0 aliphatic carbocycles. The molecule has 0 aromatic heterocycles. The Morgan fingerprint density at radius 1 is 1.33 bits per heavy atom. The Kier molecular flexibility index (Phi) is 6.13. The highest BCUT2D eigenvalue weighted by molar-refractivity contribution is 7.89. The van der Waals surface area contributed by atoms with Crippen molar-refractivity contribution in [2.75, 3.05) is 25.4 Å². The molecule has 0 fully saturated rings. The third-order valence-electron chi connectivity index (χ3n) is 3.02. The Bertz CT molecular complexity index is 601. The lowest BCUT2D eigenvalue weighted by Gasteiger charge is -2.22. The van der Waals surface area contributed by atoms with Crippen LogP contribution in [0.2, 0.25) is 0 Å². The molecule has 0 atom stereocenters. The third-order valence-corrected chi connectivity index (χ3v) is 5.00. The number of rotatable bonds is 8. The maximum Gasteiger partial charge on any atom is 0.248 e. The molecule has 0 spiro atoms. The number of aliphatic hydroxyl groups is 1. The molecule has 1 aromatic rings. The van der Waals surface area contributed by atoms with Gasteiger partial charge in [0.25, 0.3) is 0 Å². The zero-order valence-electron chi connectivity index (χ0n) is 11.9. The molecule has 5 N–H and O–H groups in total. The molecule has 8 heteroatoms. The van der Waals surface area contributed by atoms with Crippen LogP contribution in [-0.2, 0) is 10.0 Å². The Morgan fingerprint density at radius 2 is 2.00 bits per heavy atom. The molecule has 1 aromatic carbocycles. The number of carbonyl (C=O) groups is 1. The molecule has 0 bridgehead atoms. The number of carbonyl (C=O) groups excluding carboxylic acids is 1. The lowest BCUT2D eigenvalue weighted by molar-refractivity contribution is 0.1000. The van der Waals surface area contributed by atoms with Crippen molar-refractivity contribution in [2.45, 2.75) is 24.7 Å². The smallest absolute Gasteiger partial charge is 0.248 e. The summed E-state index contributed by atoms with van der Waals surface area (Å²) < 4.78 is 26.3. The normalized spacial score (nSPS) is 11.8. The third kappa shape index (κ3) is 4.16. The van der Waals surface area contributed by atoms with Crippen molar-refractivity contribution in [3.05, 3.63) is 23.8 Å². The summed E-state index contributed by atoms with van der Waals surface area (Å²) in [6.45, 7) is 1.97. The molecule has 0 aliphatic rings. The van der Waals surface area contributed by atoms with Crippen LogP contribution in [0.3, 0.4) is 0 Å². The summed E-state index contributed by atoms with van der Waals surface area (Å²) in [6.07, 6.45) is 1.51. The quantitative estimate of drug-likeness (QED) is 0.589. The van der Waals surface area contributed by atoms with Crippen LogP contribution in [0.1, 0.15) is 30.1 Å². The molecule has 118 valence electrons. The summed E-state index contributed by atoms with van der Waals surface area (Å²) in [7, 11) is -3.81. The average molecular weight is 315 g/mol. The molecule has 1 amide bonds. The van der Waals surface area contributed by atoms with Gasteiger partial charge in [0.05, 0.1) is 12.3 Å². The van der Waals surface area contributed by atoms with E-state index in [-0.39, 0.29) is 29.3 Å². The van der Waals surface area contributed by atoms with E-state index in [2.05, 4.69) is 0 Å². The molecule has 21 heavy (non-hydrogen) atoms. The predicted octanol–water partition coefficient (Wildman–Crippen LogP) is 0.151. The SMILES string of the molecule is CCCCN(CCO)S(=O)(=O)c1ccc(C(N)=O)cc1N. The highest BCUT2D eigenvalue weighted by Gasteiger charge is 2.26. The molecule has 0 unspecified atom stereocenters. The van der Waals surface area contributed by atoms with Gasteiger partial charge in [0.15, 0.2) is 0 Å². The summed E-state index contributed by atoms with van der Waals surface area (Å²) in [6, 6.07) is 3.83. The van der Waals surface area contributed by atoms with Crippen LogP contribution in [0, 0.1) is 0 Å². The van der Waals surface area contributed by atoms with Crippen LogP contribution in [-0.4, -0.2) is 43.4 Å². The van der Waals surface area contributed by atoms with Crippen LogP contribution in [0.5, 0.6) is 0 Å². The Balaban J connectivity index is 3.18. The zero-order valence-corrected chi connectivity index (χ0v) is 12.8. The number of benzene rings is 1. The number of primary amides is 1. The number of aliphatic hydroxyl groups excluding tert-OH is 1. The fraction of sp³-hybridized carbons (Fsp3) is 0.462. The summed E-state index contributed by atoms with van der Waals surface area (Å²) in [4.78, 5) is 11.0. The molecule has 0 heterocycles. The molecular weight excluding hydrogens is 294 g/mol. The largest absolute Gasteiger partial charge is 0.398 e. The minimum absolute atomic E-state index is 0.000651. The van der Waals surface area contributed by atoms with Crippen LogP contribution in [0.25, 0.3) is 0 Å². The second-order valence-electron chi connectivity index (χ2n) is 4.60. The summed E-state index contributed by atoms with van der Waals surface area (Å²) >= 11 is 0. The number of nitrogens with zero attached hydrogens (tertiary/aromatic N) is 1. The van der Waals surface area contributed by atoms with Crippen LogP contribution >= 0.6 is 0 Å². The summed E-state index contributed by atoms with van der Waals surface area (Å²) in [5.41, 5.74) is 11.0. The number of sulfonamides is 1. The van der Waals surface area contributed by atoms with E-state index in [0.717, 1.165) is 6.42 Å². The van der Waals surface area contributed by atoms with Crippen molar-refractivity contribution in [2.24, 2.45) is 5.73 Å². The van der Waals surface area contributed by atoms with E-state index in [9.17, 15) is 13.2 Å². The topological polar surface area (TPSA) is 127 Å². The lowest BCUT2D eigenvalue weighted by atomic mass is 10.2. The predicted molar refractivity (Wildman–Crippen MR) is 80.1 cm³/mol. The van der Waals surface area contributed by atoms with Crippen LogP contribution in [0.15, 0.2) is 23.1 Å². The molecule has 0 saturated carbocycles. The first-order valence-electron chi connectivity index (χ1n) is 6.65. The van der Waals surface area contributed by atoms with Gasteiger partial charge in [-0.1, -0.05) is 13.3 Å². The molecule has 7 nitrogen and oxygen atoms in total. The van der Waals surface area contributed by atoms with Gasteiger partial charge in [0, 0.05) is 18.7 Å². The average Bonchev–Trinajstić information content (AvgIpc) is 2.42. The summed E-state index contributed by atoms with van der Waals surface area (Å²) in [5, 5.41) is 9.03. The number of amides is 1. The van der Waals surface area contributed by atoms with Gasteiger partial charge >= 0.3 is 0 Å². The standard InChI is InChI=1S/C13H21N3O4S/c1-2-3-6-16(7-8-17)21(19,20)12-5-4-10(13(15)18)9-11(12)14/h4-5,9,17H,2-3,6-8,14H2,1H3,(H2,15,18). The van der Waals surface area contributed by atoms with Crippen LogP contribution in [0.4, 0.5) is 5.69 Å². The van der Waals surface area contributed by atoms with Gasteiger partial charge in [-0.3, -0.25) is 4.79 Å². The highest BCUT2D eigenvalue weighted by atomic mass is 32.2. The first kappa shape index (κ1) is 17.4. The van der Waals surface area contributed by atoms with E-state index in [1.165, 1.54) is 22.5 Å². The molecule has 0 aliphatic heterocycles. The van der Waals surface area contributed by atoms with Gasteiger partial charge in [0.1, 0.15) is 4.90 Å². The van der Waals surface area contributed by atoms with Crippen LogP contribution < -0.4 is 11.5 Å². The number of hydrogen-bond donors (Lipinski definition) is 3. The maximum atomic E-state index is 12.5. The maximum absolute atomic E-state index is 12.5. The summed E-state index contributed by atoms with van der Waals surface area (Å²) in [5.74, 6) is -0.677. The Hall–Kier alpha value is -1.64. The number of unbranched alkanes of at least 4 members (excludes halogenated alkanes) is 1. The van der Waals surface area contributed by atoms with E-state index in [1.807, 2.05) is 6.92 Å². The van der Waals surface area contributed by atoms with Gasteiger partial charge in [-0.05, 0) is 24.6 Å². The van der Waals surface area contributed by atoms with Crippen molar-refractivity contribution >= 4 is 21.6 Å². The molecule has 0 radical (unpaired) electrons. The van der Waals surface area contributed by atoms with Crippen molar-refractivity contribution in [3.63, 3.8) is 0 Å². The fourth-order valence-electron chi connectivity index (χ4n) is 1.87. The minimum Gasteiger partial charge on any atom is -0.398 e. The first-order chi connectivity index (χ1) is 9.84. The van der Waals surface area contributed by atoms with Crippen molar-refractivity contribution in [1.29, 1.82) is 0 Å². The van der Waals surface area contributed by atoms with Crippen molar-refractivity contribution in [1.82, 2.24) is 4.31 Å².